The summed E-state index contributed by atoms with van der Waals surface area (Å²) in [5.41, 5.74) is 4.55. The Bertz CT molecular complexity index is 1910. The number of pyridine rings is 1. The Morgan fingerprint density at radius 2 is 1.79 bits per heavy atom. The number of aliphatic hydroxyl groups excluding tert-OH is 2. The van der Waals surface area contributed by atoms with Crippen molar-refractivity contribution in [3.05, 3.63) is 83.1 Å². The van der Waals surface area contributed by atoms with E-state index in [-0.39, 0.29) is 64.5 Å². The van der Waals surface area contributed by atoms with Gasteiger partial charge in [0.05, 0.1) is 40.8 Å². The molecule has 8 heteroatoms. The lowest BCUT2D eigenvalue weighted by atomic mass is 9.43. The third-order valence-electron chi connectivity index (χ3n) is 15.0. The van der Waals surface area contributed by atoms with Crippen LogP contribution in [0.3, 0.4) is 0 Å². The van der Waals surface area contributed by atoms with Crippen molar-refractivity contribution in [1.29, 1.82) is 0 Å². The molecule has 1 spiro atoms. The molecule has 8 nitrogen and oxygen atoms in total. The first-order valence-electron chi connectivity index (χ1n) is 19.5. The number of aryl methyl sites for hydroxylation is 1. The number of nitrogens with one attached hydrogen (secondary N) is 1. The van der Waals surface area contributed by atoms with Crippen molar-refractivity contribution >= 4 is 28.8 Å². The van der Waals surface area contributed by atoms with Crippen LogP contribution in [0, 0.1) is 53.3 Å². The minimum Gasteiger partial charge on any atom is -0.481 e. The number of aliphatic carboxylic acids is 1. The quantitative estimate of drug-likeness (QED) is 0.0967. The number of carboxylic acid groups (broad SMARTS) is 1. The van der Waals surface area contributed by atoms with Crippen molar-refractivity contribution < 1.29 is 29.6 Å². The van der Waals surface area contributed by atoms with Gasteiger partial charge in [0.25, 0.3) is 0 Å². The number of ether oxygens (including phenoxy) is 1. The first kappa shape index (κ1) is 35.4. The number of para-hydroxylation sites is 1. The highest BCUT2D eigenvalue weighted by molar-refractivity contribution is 6.01. The van der Waals surface area contributed by atoms with Crippen molar-refractivity contribution in [2.24, 2.45) is 46.3 Å². The number of carbonyl (C=O) groups is 2. The smallest absolute Gasteiger partial charge is 0.303 e. The highest BCUT2D eigenvalue weighted by Crippen LogP contribution is 2.69. The number of hydrogen-bond acceptors (Lipinski definition) is 7. The van der Waals surface area contributed by atoms with Crippen LogP contribution in [-0.2, 0) is 22.5 Å². The van der Waals surface area contributed by atoms with Gasteiger partial charge >= 0.3 is 5.97 Å². The van der Waals surface area contributed by atoms with Crippen LogP contribution in [0.1, 0.15) is 92.9 Å². The zero-order chi connectivity index (χ0) is 36.6. The Morgan fingerprint density at radius 1 is 1.04 bits per heavy atom. The van der Waals surface area contributed by atoms with Gasteiger partial charge in [0.2, 0.25) is 0 Å². The molecule has 4 aliphatic carbocycles. The number of aldehydes is 1. The second-order valence-electron chi connectivity index (χ2n) is 17.4. The molecule has 8 rings (SSSR count). The van der Waals surface area contributed by atoms with Crippen molar-refractivity contribution in [3.8, 4) is 0 Å². The molecule has 1 saturated heterocycles. The number of aromatic nitrogens is 1. The molecule has 1 aromatic heterocycles. The molecule has 0 amide bonds. The zero-order valence-electron chi connectivity index (χ0n) is 30.9. The van der Waals surface area contributed by atoms with E-state index in [2.05, 4.69) is 67.5 Å². The van der Waals surface area contributed by atoms with Gasteiger partial charge in [0.1, 0.15) is 5.60 Å². The van der Waals surface area contributed by atoms with E-state index in [4.69, 9.17) is 4.74 Å². The molecule has 12 atom stereocenters. The van der Waals surface area contributed by atoms with Crippen LogP contribution in [0.5, 0.6) is 0 Å². The van der Waals surface area contributed by atoms with E-state index in [1.807, 2.05) is 31.2 Å². The van der Waals surface area contributed by atoms with Gasteiger partial charge < -0.3 is 25.4 Å². The van der Waals surface area contributed by atoms with Crippen LogP contribution in [-0.4, -0.2) is 56.5 Å². The highest BCUT2D eigenvalue weighted by Gasteiger charge is 2.68. The van der Waals surface area contributed by atoms with Gasteiger partial charge in [-0.05, 0) is 109 Å². The number of fused-ring (bicyclic) bond motifs is 6. The summed E-state index contributed by atoms with van der Waals surface area (Å²) in [6.07, 6.45) is 10.5. The average molecular weight is 707 g/mol. The van der Waals surface area contributed by atoms with Gasteiger partial charge in [-0.25, -0.2) is 0 Å². The summed E-state index contributed by atoms with van der Waals surface area (Å²) in [5, 5.41) is 37.7. The monoisotopic (exact) mass is 706 g/mol. The SMILES string of the molecule is Cc1nc2ccccc2c(NCc2ccccc2CC2O[C@@]23C=C[C@@]2(C)C(C[C@@H](O)C4C2C[C@H](O)[C@@]2(C)C4CC[C@@H]2[C@H](C)CCC(=O)O)C3)c1C=O. The standard InChI is InChI=1S/C44H54N2O6/c1-25(13-16-39(50)51)32-14-15-33-40-34(21-37(49)43(32,33)4)42(3)17-18-44(22-29(42)20-36(40)48)38(52-44)19-27-9-5-6-10-28(27)23-45-41-30-11-7-8-12-35(30)46-26(2)31(41)24-47/h5-12,17-18,24-25,29,32-34,36-38,40,48-49H,13-16,19-23H2,1-4H3,(H,45,46)(H,50,51)/t25-,29?,32-,33?,34?,36-,37+,38?,40?,42+,43-,44-/m1/s1. The van der Waals surface area contributed by atoms with E-state index in [1.54, 1.807) is 0 Å². The average Bonchev–Trinajstić information content (AvgIpc) is 3.64. The lowest BCUT2D eigenvalue weighted by Crippen LogP contribution is -2.61. The normalized spacial score (nSPS) is 38.0. The largest absolute Gasteiger partial charge is 0.481 e. The van der Waals surface area contributed by atoms with Crippen LogP contribution >= 0.6 is 0 Å². The van der Waals surface area contributed by atoms with Crippen molar-refractivity contribution in [2.45, 2.75) is 110 Å². The Labute approximate surface area is 307 Å². The number of epoxide rings is 1. The van der Waals surface area contributed by atoms with Crippen molar-refractivity contribution in [2.75, 3.05) is 5.32 Å². The van der Waals surface area contributed by atoms with Gasteiger partial charge in [-0.1, -0.05) is 75.4 Å². The maximum absolute atomic E-state index is 12.1. The number of nitrogens with zero attached hydrogens (tertiary/aromatic N) is 1. The molecule has 2 heterocycles. The lowest BCUT2D eigenvalue weighted by Gasteiger charge is -2.62. The van der Waals surface area contributed by atoms with Gasteiger partial charge in [-0.2, -0.15) is 0 Å². The Balaban J connectivity index is 0.987. The molecule has 4 N–H and O–H groups in total. The molecular formula is C44H54N2O6. The Hall–Kier alpha value is -3.59. The molecule has 3 saturated carbocycles. The number of rotatable bonds is 10. The van der Waals surface area contributed by atoms with Crippen LogP contribution in [0.25, 0.3) is 10.9 Å². The molecular weight excluding hydrogens is 652 g/mol. The maximum Gasteiger partial charge on any atom is 0.303 e. The van der Waals surface area contributed by atoms with Gasteiger partial charge in [-0.15, -0.1) is 0 Å². The summed E-state index contributed by atoms with van der Waals surface area (Å²) in [6.45, 7) is 9.19. The molecule has 5 aliphatic rings. The number of anilines is 1. The van der Waals surface area contributed by atoms with Gasteiger partial charge in [-0.3, -0.25) is 14.6 Å². The summed E-state index contributed by atoms with van der Waals surface area (Å²) in [4.78, 5) is 28.1. The highest BCUT2D eigenvalue weighted by atomic mass is 16.6. The number of benzene rings is 2. The minimum atomic E-state index is -0.762. The number of allylic oxidation sites excluding steroid dienone is 1. The first-order valence-corrected chi connectivity index (χ1v) is 19.5. The number of carbonyl (C=O) groups excluding carboxylic acids is 1. The fourth-order valence-electron chi connectivity index (χ4n) is 12.1. The second kappa shape index (κ2) is 13.1. The number of carboxylic acids is 1. The summed E-state index contributed by atoms with van der Waals surface area (Å²) in [7, 11) is 0. The third-order valence-corrected chi connectivity index (χ3v) is 15.0. The topological polar surface area (TPSA) is 132 Å². The zero-order valence-corrected chi connectivity index (χ0v) is 30.9. The van der Waals surface area contributed by atoms with E-state index in [1.165, 1.54) is 5.56 Å². The van der Waals surface area contributed by atoms with Crippen LogP contribution in [0.2, 0.25) is 0 Å². The van der Waals surface area contributed by atoms with E-state index >= 15 is 0 Å². The predicted molar refractivity (Wildman–Crippen MR) is 201 cm³/mol. The van der Waals surface area contributed by atoms with Gasteiger partial charge in [0.15, 0.2) is 6.29 Å². The summed E-state index contributed by atoms with van der Waals surface area (Å²) in [5.74, 6) is 0.502. The minimum absolute atomic E-state index is 0.0435. The molecule has 0 radical (unpaired) electrons. The predicted octanol–water partition coefficient (Wildman–Crippen LogP) is 7.53. The van der Waals surface area contributed by atoms with E-state index < -0.39 is 18.2 Å². The van der Waals surface area contributed by atoms with Crippen LogP contribution < -0.4 is 5.32 Å². The third kappa shape index (κ3) is 5.63. The Kier molecular flexibility index (Phi) is 8.90. The molecule has 2 aromatic carbocycles. The van der Waals surface area contributed by atoms with Crippen LogP contribution in [0.4, 0.5) is 5.69 Å². The molecule has 52 heavy (non-hydrogen) atoms. The van der Waals surface area contributed by atoms with E-state index in [9.17, 15) is 24.9 Å². The van der Waals surface area contributed by atoms with Gasteiger partial charge in [0, 0.05) is 24.8 Å². The van der Waals surface area contributed by atoms with Crippen molar-refractivity contribution in [1.82, 2.24) is 4.98 Å². The molecule has 1 aliphatic heterocycles. The molecule has 4 fully saturated rings. The van der Waals surface area contributed by atoms with Crippen LogP contribution in [0.15, 0.2) is 60.7 Å². The summed E-state index contributed by atoms with van der Waals surface area (Å²) < 4.78 is 6.59. The second-order valence-corrected chi connectivity index (χ2v) is 17.4. The lowest BCUT2D eigenvalue weighted by molar-refractivity contribution is -0.187. The maximum atomic E-state index is 12.1. The number of hydrogen-bond donors (Lipinski definition) is 4. The molecule has 276 valence electrons. The van der Waals surface area contributed by atoms with E-state index in [0.29, 0.717) is 30.6 Å². The number of aliphatic hydroxyl groups is 2. The Morgan fingerprint density at radius 3 is 2.56 bits per heavy atom. The summed E-state index contributed by atoms with van der Waals surface area (Å²) in [6, 6.07) is 16.3. The first-order chi connectivity index (χ1) is 24.9. The fraction of sp³-hybridized carbons (Fsp3) is 0.568. The fourth-order valence-corrected chi connectivity index (χ4v) is 12.1. The molecule has 5 unspecified atom stereocenters. The summed E-state index contributed by atoms with van der Waals surface area (Å²) >= 11 is 0. The van der Waals surface area contributed by atoms with E-state index in [0.717, 1.165) is 60.5 Å². The molecule has 0 bridgehead atoms. The molecule has 3 aromatic rings. The van der Waals surface area contributed by atoms with Crippen molar-refractivity contribution in [3.63, 3.8) is 0 Å².